The Balaban J connectivity index is 0.000000571. The molecule has 1 aliphatic rings. The van der Waals surface area contributed by atoms with Crippen molar-refractivity contribution in [2.75, 3.05) is 6.61 Å². The second kappa shape index (κ2) is 10.8. The average Bonchev–Trinajstić information content (AvgIpc) is 2.27. The molecule has 29 heavy (non-hydrogen) atoms. The SMILES string of the molecule is C[Si](C)(C)O[Si](C)(C)O[Si](C)(C)O[Si](C)(C)C.C[Si]1(C)CCCCO[Si](C)(C)O1. The summed E-state index contributed by atoms with van der Waals surface area (Å²) in [5, 5.41) is 0. The first-order valence-corrected chi connectivity index (χ1v) is 29.4. The van der Waals surface area contributed by atoms with Crippen LogP contribution in [0.1, 0.15) is 12.8 Å². The fourth-order valence-electron chi connectivity index (χ4n) is 3.82. The van der Waals surface area contributed by atoms with E-state index in [2.05, 4.69) is 91.7 Å². The smallest absolute Gasteiger partial charge is 0.321 e. The van der Waals surface area contributed by atoms with Gasteiger partial charge in [-0.3, -0.25) is 0 Å². The van der Waals surface area contributed by atoms with Crippen LogP contribution in [-0.2, 0) is 20.9 Å². The summed E-state index contributed by atoms with van der Waals surface area (Å²) in [6.45, 7) is 31.6. The number of rotatable bonds is 6. The van der Waals surface area contributed by atoms with E-state index in [1.165, 1.54) is 18.9 Å². The predicted octanol–water partition coefficient (Wildman–Crippen LogP) is 6.83. The molecule has 0 spiro atoms. The summed E-state index contributed by atoms with van der Waals surface area (Å²) in [5.74, 6) is 0. The zero-order valence-corrected chi connectivity index (χ0v) is 27.9. The molecule has 1 heterocycles. The molecule has 0 aromatic rings. The van der Waals surface area contributed by atoms with E-state index < -0.39 is 50.6 Å². The minimum atomic E-state index is -2.05. The van der Waals surface area contributed by atoms with Gasteiger partial charge in [-0.15, -0.1) is 0 Å². The molecule has 5 nitrogen and oxygen atoms in total. The molecule has 1 fully saturated rings. The molecule has 0 bridgehead atoms. The van der Waals surface area contributed by atoms with Gasteiger partial charge in [0, 0.05) is 6.61 Å². The van der Waals surface area contributed by atoms with E-state index in [1.54, 1.807) is 0 Å². The highest BCUT2D eigenvalue weighted by Crippen LogP contribution is 2.25. The Morgan fingerprint density at radius 1 is 0.621 bits per heavy atom. The largest absolute Gasteiger partial charge is 0.437 e. The monoisotopic (exact) mass is 514 g/mol. The van der Waals surface area contributed by atoms with E-state index in [4.69, 9.17) is 20.9 Å². The Hall–Kier alpha value is 1.10. The fraction of sp³-hybridized carbons (Fsp3) is 1.00. The molecule has 0 aliphatic carbocycles. The van der Waals surface area contributed by atoms with Gasteiger partial charge in [0.1, 0.15) is 0 Å². The zero-order valence-electron chi connectivity index (χ0n) is 21.9. The Labute approximate surface area is 188 Å². The third-order valence-corrected chi connectivity index (χ3v) is 23.1. The van der Waals surface area contributed by atoms with E-state index in [9.17, 15) is 0 Å². The van der Waals surface area contributed by atoms with Crippen LogP contribution in [0.2, 0.25) is 97.7 Å². The minimum Gasteiger partial charge on any atom is -0.437 e. The minimum absolute atomic E-state index is 0.906. The molecule has 1 rings (SSSR count). The van der Waals surface area contributed by atoms with Crippen molar-refractivity contribution in [3.05, 3.63) is 0 Å². The van der Waals surface area contributed by atoms with Gasteiger partial charge in [-0.05, 0) is 104 Å². The van der Waals surface area contributed by atoms with Gasteiger partial charge in [-0.1, -0.05) is 6.42 Å². The van der Waals surface area contributed by atoms with Crippen molar-refractivity contribution >= 4 is 50.6 Å². The van der Waals surface area contributed by atoms with Crippen LogP contribution in [0.15, 0.2) is 0 Å². The highest BCUT2D eigenvalue weighted by molar-refractivity contribution is 6.89. The van der Waals surface area contributed by atoms with Crippen LogP contribution in [0, 0.1) is 0 Å². The summed E-state index contributed by atoms with van der Waals surface area (Å²) in [6.07, 6.45) is 2.50. The predicted molar refractivity (Wildman–Crippen MR) is 141 cm³/mol. The summed E-state index contributed by atoms with van der Waals surface area (Å²) < 4.78 is 30.6. The van der Waals surface area contributed by atoms with Gasteiger partial charge < -0.3 is 20.9 Å². The molecule has 0 atom stereocenters. The first kappa shape index (κ1) is 30.1. The Kier molecular flexibility index (Phi) is 11.2. The molecule has 11 heteroatoms. The second-order valence-corrected chi connectivity index (χ2v) is 36.3. The van der Waals surface area contributed by atoms with Crippen LogP contribution in [0.5, 0.6) is 0 Å². The summed E-state index contributed by atoms with van der Waals surface area (Å²) >= 11 is 0. The summed E-state index contributed by atoms with van der Waals surface area (Å²) in [4.78, 5) is 0. The Morgan fingerprint density at radius 3 is 1.41 bits per heavy atom. The number of hydrogen-bond donors (Lipinski definition) is 0. The molecule has 176 valence electrons. The van der Waals surface area contributed by atoms with Gasteiger partial charge in [0.15, 0.2) is 25.0 Å². The van der Waals surface area contributed by atoms with Gasteiger partial charge in [0.05, 0.1) is 0 Å². The molecule has 1 saturated heterocycles. The van der Waals surface area contributed by atoms with Crippen molar-refractivity contribution < 1.29 is 20.9 Å². The normalized spacial score (nSPS) is 20.9. The highest BCUT2D eigenvalue weighted by Gasteiger charge is 2.41. The first-order valence-electron chi connectivity index (χ1n) is 11.0. The maximum atomic E-state index is 6.28. The third kappa shape index (κ3) is 17.3. The van der Waals surface area contributed by atoms with Crippen LogP contribution in [0.25, 0.3) is 0 Å². The average molecular weight is 515 g/mol. The van der Waals surface area contributed by atoms with Crippen LogP contribution in [0.3, 0.4) is 0 Å². The van der Waals surface area contributed by atoms with Crippen LogP contribution < -0.4 is 0 Å². The standard InChI is InChI=1S/C10H30O3Si4.C8H20O2Si2/c1-14(2,3)11-16(7,8)13-17(9,10)12-15(4,5)6;1-11(2)8-6-5-7-9-12(3,4)10-11/h1-10H3;5-8H2,1-4H3. The van der Waals surface area contributed by atoms with Crippen molar-refractivity contribution in [3.63, 3.8) is 0 Å². The van der Waals surface area contributed by atoms with Gasteiger partial charge in [0.2, 0.25) is 0 Å². The molecule has 0 saturated carbocycles. The molecule has 1 aliphatic heterocycles. The third-order valence-electron chi connectivity index (χ3n) is 3.74. The number of hydrogen-bond acceptors (Lipinski definition) is 5. The van der Waals surface area contributed by atoms with Gasteiger partial charge >= 0.3 is 25.7 Å². The maximum Gasteiger partial charge on any atom is 0.321 e. The zero-order chi connectivity index (χ0) is 23.4. The van der Waals surface area contributed by atoms with Crippen molar-refractivity contribution in [1.82, 2.24) is 0 Å². The summed E-state index contributed by atoms with van der Waals surface area (Å²) in [5.41, 5.74) is 0. The lowest BCUT2D eigenvalue weighted by atomic mass is 10.4. The molecule has 0 aromatic heterocycles. The molecule has 0 N–H and O–H groups in total. The van der Waals surface area contributed by atoms with Gasteiger partial charge in [-0.2, -0.15) is 0 Å². The lowest BCUT2D eigenvalue weighted by molar-refractivity contribution is 0.231. The molecular weight excluding hydrogens is 465 g/mol. The highest BCUT2D eigenvalue weighted by atomic mass is 28.5. The topological polar surface area (TPSA) is 46.2 Å². The summed E-state index contributed by atoms with van der Waals surface area (Å²) in [7, 11) is -10.3. The molecule has 0 radical (unpaired) electrons. The second-order valence-electron chi connectivity index (χ2n) is 11.9. The summed E-state index contributed by atoms with van der Waals surface area (Å²) in [6, 6.07) is 1.30. The van der Waals surface area contributed by atoms with Crippen molar-refractivity contribution in [3.8, 4) is 0 Å². The quantitative estimate of drug-likeness (QED) is 0.363. The molecule has 0 aromatic carbocycles. The Bertz CT molecular complexity index is 456. The van der Waals surface area contributed by atoms with E-state index in [0.717, 1.165) is 6.61 Å². The Morgan fingerprint density at radius 2 is 1.03 bits per heavy atom. The molecule has 0 amide bonds. The van der Waals surface area contributed by atoms with Crippen molar-refractivity contribution in [2.45, 2.75) is 111 Å². The van der Waals surface area contributed by atoms with E-state index >= 15 is 0 Å². The molecule has 0 unspecified atom stereocenters. The first-order chi connectivity index (χ1) is 12.5. The van der Waals surface area contributed by atoms with E-state index in [-0.39, 0.29) is 0 Å². The van der Waals surface area contributed by atoms with E-state index in [1.807, 2.05) is 0 Å². The van der Waals surface area contributed by atoms with E-state index in [0.29, 0.717) is 0 Å². The van der Waals surface area contributed by atoms with Gasteiger partial charge in [-0.25, -0.2) is 0 Å². The van der Waals surface area contributed by atoms with Gasteiger partial charge in [0.25, 0.3) is 0 Å². The lowest BCUT2D eigenvalue weighted by Gasteiger charge is -2.39. The van der Waals surface area contributed by atoms with Crippen LogP contribution in [0.4, 0.5) is 0 Å². The fourth-order valence-corrected chi connectivity index (χ4v) is 29.1. The van der Waals surface area contributed by atoms with Crippen LogP contribution in [-0.4, -0.2) is 57.2 Å². The van der Waals surface area contributed by atoms with Crippen LogP contribution >= 0.6 is 0 Å². The lowest BCUT2D eigenvalue weighted by Crippen LogP contribution is -2.55. The maximum absolute atomic E-state index is 6.28. The van der Waals surface area contributed by atoms with Crippen molar-refractivity contribution in [2.24, 2.45) is 0 Å². The van der Waals surface area contributed by atoms with Crippen molar-refractivity contribution in [1.29, 1.82) is 0 Å². The molecular formula is C18H50O5Si6.